The van der Waals surface area contributed by atoms with Crippen LogP contribution in [0.4, 0.5) is 26.3 Å². The Morgan fingerprint density at radius 1 is 0.778 bits per heavy atom. The fourth-order valence-electron chi connectivity index (χ4n) is 2.41. The average Bonchev–Trinajstić information content (AvgIpc) is 2.59. The molecule has 0 aliphatic heterocycles. The third-order valence-corrected chi connectivity index (χ3v) is 3.83. The molecule has 27 heavy (non-hydrogen) atoms. The quantitative estimate of drug-likeness (QED) is 0.721. The molecule has 2 rings (SSSR count). The van der Waals surface area contributed by atoms with Gasteiger partial charge in [-0.2, -0.15) is 13.2 Å². The van der Waals surface area contributed by atoms with Crippen molar-refractivity contribution in [1.29, 1.82) is 0 Å². The monoisotopic (exact) mass is 392 g/mol. The predicted octanol–water partition coefficient (Wildman–Crippen LogP) is 4.74. The molecule has 2 aromatic carbocycles. The average molecular weight is 392 g/mol. The van der Waals surface area contributed by atoms with E-state index in [9.17, 15) is 35.9 Å². The molecule has 4 nitrogen and oxygen atoms in total. The van der Waals surface area contributed by atoms with E-state index in [4.69, 9.17) is 10.2 Å². The third-order valence-electron chi connectivity index (χ3n) is 3.83. The Morgan fingerprint density at radius 2 is 1.26 bits per heavy atom. The first-order chi connectivity index (χ1) is 12.4. The van der Waals surface area contributed by atoms with Crippen LogP contribution < -0.4 is 0 Å². The first-order valence-electron chi connectivity index (χ1n) is 7.15. The maximum atomic E-state index is 14.0. The summed E-state index contributed by atoms with van der Waals surface area (Å²) in [5, 5.41) is 18.0. The van der Waals surface area contributed by atoms with Gasteiger partial charge < -0.3 is 10.2 Å². The lowest BCUT2D eigenvalue weighted by molar-refractivity contribution is -0.274. The Hall–Kier alpha value is -3.04. The van der Waals surface area contributed by atoms with Crippen LogP contribution in [0.15, 0.2) is 42.5 Å². The minimum absolute atomic E-state index is 0.0805. The van der Waals surface area contributed by atoms with Gasteiger partial charge in [0.25, 0.3) is 12.1 Å². The van der Waals surface area contributed by atoms with Crippen molar-refractivity contribution in [2.24, 2.45) is 0 Å². The van der Waals surface area contributed by atoms with Crippen LogP contribution in [-0.2, 0) is 5.67 Å². The molecule has 0 spiro atoms. The molecule has 10 heteroatoms. The van der Waals surface area contributed by atoms with Crippen LogP contribution in [-0.4, -0.2) is 34.8 Å². The maximum Gasteiger partial charge on any atom is 0.432 e. The van der Waals surface area contributed by atoms with Crippen molar-refractivity contribution in [3.63, 3.8) is 0 Å². The Balaban J connectivity index is 2.51. The molecule has 1 unspecified atom stereocenters. The van der Waals surface area contributed by atoms with Gasteiger partial charge in [0.1, 0.15) is 0 Å². The van der Waals surface area contributed by atoms with Crippen LogP contribution in [0.2, 0.25) is 0 Å². The summed E-state index contributed by atoms with van der Waals surface area (Å²) in [6, 6.07) is 5.95. The van der Waals surface area contributed by atoms with Gasteiger partial charge in [0, 0.05) is 5.56 Å². The van der Waals surface area contributed by atoms with Gasteiger partial charge in [-0.1, -0.05) is 30.3 Å². The number of carboxylic acid groups (broad SMARTS) is 2. The summed E-state index contributed by atoms with van der Waals surface area (Å²) in [5.74, 6) is -3.05. The number of halogens is 6. The normalized spacial score (nSPS) is 14.0. The summed E-state index contributed by atoms with van der Waals surface area (Å²) >= 11 is 0. The SMILES string of the molecule is O=C(O)c1ccc(-c2ccc(C(F)(C(F)F)C(F)(F)F)cc2)cc1C(=O)O. The second-order valence-corrected chi connectivity index (χ2v) is 5.46. The molecule has 0 saturated heterocycles. The van der Waals surface area contributed by atoms with Gasteiger partial charge >= 0.3 is 18.1 Å². The van der Waals surface area contributed by atoms with Gasteiger partial charge in [-0.3, -0.25) is 0 Å². The lowest BCUT2D eigenvalue weighted by atomic mass is 9.92. The number of carboxylic acids is 2. The van der Waals surface area contributed by atoms with Gasteiger partial charge in [0.05, 0.1) is 11.1 Å². The first-order valence-corrected chi connectivity index (χ1v) is 7.15. The smallest absolute Gasteiger partial charge is 0.432 e. The molecule has 2 aromatic rings. The van der Waals surface area contributed by atoms with E-state index < -0.39 is 46.9 Å². The van der Waals surface area contributed by atoms with Crippen molar-refractivity contribution in [1.82, 2.24) is 0 Å². The van der Waals surface area contributed by atoms with E-state index in [1.54, 1.807) is 0 Å². The molecule has 0 saturated carbocycles. The molecule has 0 aliphatic rings. The topological polar surface area (TPSA) is 74.6 Å². The van der Waals surface area contributed by atoms with Crippen LogP contribution in [0.25, 0.3) is 11.1 Å². The van der Waals surface area contributed by atoms with E-state index in [1.165, 1.54) is 6.07 Å². The molecule has 0 aromatic heterocycles. The maximum absolute atomic E-state index is 14.0. The first kappa shape index (κ1) is 20.3. The van der Waals surface area contributed by atoms with Gasteiger partial charge in [-0.15, -0.1) is 0 Å². The highest BCUT2D eigenvalue weighted by Gasteiger charge is 2.63. The number of aromatic carboxylic acids is 2. The van der Waals surface area contributed by atoms with E-state index in [2.05, 4.69) is 0 Å². The molecule has 144 valence electrons. The van der Waals surface area contributed by atoms with Crippen molar-refractivity contribution in [2.75, 3.05) is 0 Å². The van der Waals surface area contributed by atoms with Crippen LogP contribution in [0.1, 0.15) is 26.3 Å². The van der Waals surface area contributed by atoms with Gasteiger partial charge in [0.2, 0.25) is 0 Å². The molecule has 2 N–H and O–H groups in total. The van der Waals surface area contributed by atoms with Crippen molar-refractivity contribution >= 4 is 11.9 Å². The predicted molar refractivity (Wildman–Crippen MR) is 80.6 cm³/mol. The molecular formula is C17H10F6O4. The highest BCUT2D eigenvalue weighted by molar-refractivity contribution is 6.02. The number of hydrogen-bond acceptors (Lipinski definition) is 2. The van der Waals surface area contributed by atoms with Crippen molar-refractivity contribution in [3.05, 3.63) is 59.2 Å². The highest BCUT2D eigenvalue weighted by Crippen LogP contribution is 2.47. The van der Waals surface area contributed by atoms with E-state index >= 15 is 0 Å². The van der Waals surface area contributed by atoms with Crippen LogP contribution in [0.3, 0.4) is 0 Å². The Labute approximate surface area is 147 Å². The molecule has 0 fully saturated rings. The van der Waals surface area contributed by atoms with Crippen LogP contribution in [0, 0.1) is 0 Å². The Kier molecular flexibility index (Phi) is 5.21. The van der Waals surface area contributed by atoms with E-state index in [-0.39, 0.29) is 11.1 Å². The Bertz CT molecular complexity index is 876. The molecule has 0 aliphatic carbocycles. The van der Waals surface area contributed by atoms with Gasteiger partial charge in [-0.25, -0.2) is 22.8 Å². The second kappa shape index (κ2) is 6.93. The van der Waals surface area contributed by atoms with E-state index in [0.717, 1.165) is 24.3 Å². The summed E-state index contributed by atoms with van der Waals surface area (Å²) in [4.78, 5) is 22.2. The van der Waals surface area contributed by atoms with Crippen molar-refractivity contribution < 1.29 is 46.1 Å². The summed E-state index contributed by atoms with van der Waals surface area (Å²) in [6.45, 7) is 0. The van der Waals surface area contributed by atoms with Crippen molar-refractivity contribution in [2.45, 2.75) is 18.3 Å². The molecule has 0 amide bonds. The number of carbonyl (C=O) groups is 2. The minimum atomic E-state index is -5.84. The number of benzene rings is 2. The van der Waals surface area contributed by atoms with Crippen LogP contribution in [0.5, 0.6) is 0 Å². The minimum Gasteiger partial charge on any atom is -0.478 e. The molecule has 0 radical (unpaired) electrons. The van der Waals surface area contributed by atoms with Gasteiger partial charge in [0.15, 0.2) is 0 Å². The lowest BCUT2D eigenvalue weighted by Gasteiger charge is -2.27. The number of alkyl halides is 6. The second-order valence-electron chi connectivity index (χ2n) is 5.46. The standard InChI is InChI=1S/C17H10F6O4/c18-15(19)16(20,17(21,22)23)10-4-1-8(2-5-10)9-3-6-11(13(24)25)12(7-9)14(26)27/h1-7,15H,(H,24,25)(H,26,27). The fourth-order valence-corrected chi connectivity index (χ4v) is 2.41. The zero-order valence-electron chi connectivity index (χ0n) is 13.1. The van der Waals surface area contributed by atoms with Crippen LogP contribution >= 0.6 is 0 Å². The summed E-state index contributed by atoms with van der Waals surface area (Å²) in [6.07, 6.45) is -10.2. The molecule has 1 atom stereocenters. The number of hydrogen-bond donors (Lipinski definition) is 2. The largest absolute Gasteiger partial charge is 0.478 e. The van der Waals surface area contributed by atoms with E-state index in [0.29, 0.717) is 12.1 Å². The van der Waals surface area contributed by atoms with E-state index in [1.807, 2.05) is 0 Å². The third kappa shape index (κ3) is 3.60. The van der Waals surface area contributed by atoms with Gasteiger partial charge in [-0.05, 0) is 23.3 Å². The summed E-state index contributed by atoms with van der Waals surface area (Å²) in [5.41, 5.74) is -7.08. The van der Waals surface area contributed by atoms with Crippen molar-refractivity contribution in [3.8, 4) is 11.1 Å². The summed E-state index contributed by atoms with van der Waals surface area (Å²) < 4.78 is 77.7. The fraction of sp³-hybridized carbons (Fsp3) is 0.176. The molecule has 0 heterocycles. The molecular weight excluding hydrogens is 382 g/mol. The zero-order valence-corrected chi connectivity index (χ0v) is 13.1. The highest BCUT2D eigenvalue weighted by atomic mass is 19.4. The number of rotatable bonds is 5. The Morgan fingerprint density at radius 3 is 1.67 bits per heavy atom. The zero-order chi connectivity index (χ0) is 20.6. The lowest BCUT2D eigenvalue weighted by Crippen LogP contribution is -2.44. The molecule has 0 bridgehead atoms. The summed E-state index contributed by atoms with van der Waals surface area (Å²) in [7, 11) is 0.